The van der Waals surface area contributed by atoms with E-state index in [0.717, 1.165) is 0 Å². The zero-order valence-electron chi connectivity index (χ0n) is 29.1. The third kappa shape index (κ3) is 8.96. The van der Waals surface area contributed by atoms with Gasteiger partial charge in [0.15, 0.2) is 0 Å². The lowest BCUT2D eigenvalue weighted by Crippen LogP contribution is -2.12. The molecule has 12 nitrogen and oxygen atoms in total. The average molecular weight is 707 g/mol. The lowest BCUT2D eigenvalue weighted by molar-refractivity contribution is -0.133. The Morgan fingerprint density at radius 3 is 1.33 bits per heavy atom. The van der Waals surface area contributed by atoms with Crippen LogP contribution in [-0.2, 0) is 28.8 Å². The quantitative estimate of drug-likeness (QED) is 0.134. The third-order valence-corrected chi connectivity index (χ3v) is 7.67. The molecule has 12 heteroatoms. The molecule has 4 aromatic rings. The highest BCUT2D eigenvalue weighted by molar-refractivity contribution is 5.94. The van der Waals surface area contributed by atoms with Crippen LogP contribution in [0.4, 0.5) is 0 Å². The molecule has 0 bridgehead atoms. The van der Waals surface area contributed by atoms with Gasteiger partial charge in [-0.3, -0.25) is 28.8 Å². The first-order valence-corrected chi connectivity index (χ1v) is 16.0. The number of fused-ring (bicyclic) bond motifs is 1. The monoisotopic (exact) mass is 706 g/mol. The van der Waals surface area contributed by atoms with Crippen molar-refractivity contribution in [3.05, 3.63) is 107 Å². The van der Waals surface area contributed by atoms with Gasteiger partial charge in [0.1, 0.15) is 34.5 Å². The Kier molecular flexibility index (Phi) is 11.0. The summed E-state index contributed by atoms with van der Waals surface area (Å²) in [6, 6.07) is 21.3. The van der Waals surface area contributed by atoms with E-state index >= 15 is 0 Å². The van der Waals surface area contributed by atoms with Crippen molar-refractivity contribution >= 4 is 47.5 Å². The zero-order chi connectivity index (χ0) is 37.7. The van der Waals surface area contributed by atoms with E-state index in [2.05, 4.69) is 0 Å². The second kappa shape index (κ2) is 15.5. The number of allylic oxidation sites excluding steroid dienone is 1. The Morgan fingerprint density at radius 1 is 0.442 bits per heavy atom. The molecular formula is C40H34O12. The molecule has 1 aliphatic rings. The summed E-state index contributed by atoms with van der Waals surface area (Å²) in [4.78, 5) is 72.2. The van der Waals surface area contributed by atoms with Crippen LogP contribution in [0.25, 0.3) is 11.6 Å². The third-order valence-electron chi connectivity index (χ3n) is 7.67. The van der Waals surface area contributed by atoms with Gasteiger partial charge in [0.25, 0.3) is 0 Å². The van der Waals surface area contributed by atoms with Crippen LogP contribution in [0.15, 0.2) is 78.9 Å². The van der Waals surface area contributed by atoms with Gasteiger partial charge in [-0.05, 0) is 70.3 Å². The Morgan fingerprint density at radius 2 is 0.865 bits per heavy atom. The molecule has 5 rings (SSSR count). The number of carbonyl (C=O) groups excluding carboxylic acids is 6. The molecule has 0 saturated heterocycles. The topological polar surface area (TPSA) is 158 Å². The fourth-order valence-electron chi connectivity index (χ4n) is 6.15. The van der Waals surface area contributed by atoms with Gasteiger partial charge in [0.05, 0.1) is 0 Å². The molecular weight excluding hydrogens is 672 g/mol. The van der Waals surface area contributed by atoms with E-state index in [-0.39, 0.29) is 23.0 Å². The zero-order valence-corrected chi connectivity index (χ0v) is 29.1. The first-order valence-electron chi connectivity index (χ1n) is 16.0. The summed E-state index contributed by atoms with van der Waals surface area (Å²) in [7, 11) is 0. The molecule has 4 aromatic carbocycles. The Balaban J connectivity index is 1.86. The van der Waals surface area contributed by atoms with Crippen molar-refractivity contribution < 1.29 is 57.2 Å². The number of hydrogen-bond acceptors (Lipinski definition) is 12. The fourth-order valence-corrected chi connectivity index (χ4v) is 6.15. The van der Waals surface area contributed by atoms with Crippen LogP contribution >= 0.6 is 0 Å². The lowest BCUT2D eigenvalue weighted by atomic mass is 9.79. The summed E-state index contributed by atoms with van der Waals surface area (Å²) in [5.41, 5.74) is 3.63. The lowest BCUT2D eigenvalue weighted by Gasteiger charge is -2.25. The summed E-state index contributed by atoms with van der Waals surface area (Å²) in [5, 5.41) is 0. The number of ether oxygens (including phenoxy) is 6. The van der Waals surface area contributed by atoms with Crippen molar-refractivity contribution in [2.75, 3.05) is 0 Å². The van der Waals surface area contributed by atoms with Crippen LogP contribution in [0.2, 0.25) is 0 Å². The van der Waals surface area contributed by atoms with Crippen LogP contribution in [0.3, 0.4) is 0 Å². The second-order valence-electron chi connectivity index (χ2n) is 11.9. The molecule has 0 saturated carbocycles. The Hall–Kier alpha value is -6.56. The van der Waals surface area contributed by atoms with Crippen molar-refractivity contribution in [2.24, 2.45) is 0 Å². The standard InChI is InChI=1S/C40H34O12/c1-21(41)47-30-11-7-27(8-12-30)15-35-36-19-34(51-25(5)45)20-37(52-26(6)46)40(36)39(28-9-13-31(14-10-28)48-22(2)42)38(35)29-16-32(49-23(3)43)18-33(17-29)50-24(4)44/h7-20,38-39H,1-6H3/b35-15-/t38-,39+/m0/s1. The molecule has 2 atom stereocenters. The van der Waals surface area contributed by atoms with Crippen LogP contribution in [0, 0.1) is 0 Å². The maximum absolute atomic E-state index is 12.5. The first-order chi connectivity index (χ1) is 24.7. The maximum Gasteiger partial charge on any atom is 0.308 e. The van der Waals surface area contributed by atoms with E-state index in [1.54, 1.807) is 66.7 Å². The number of hydrogen-bond donors (Lipinski definition) is 0. The molecule has 0 radical (unpaired) electrons. The minimum absolute atomic E-state index is 0.104. The first kappa shape index (κ1) is 36.7. The summed E-state index contributed by atoms with van der Waals surface area (Å²) < 4.78 is 32.7. The molecule has 0 aliphatic heterocycles. The van der Waals surface area contributed by atoms with Gasteiger partial charge in [-0.25, -0.2) is 0 Å². The highest BCUT2D eigenvalue weighted by atomic mass is 16.6. The van der Waals surface area contributed by atoms with Gasteiger partial charge in [-0.15, -0.1) is 0 Å². The van der Waals surface area contributed by atoms with Crippen LogP contribution < -0.4 is 28.4 Å². The summed E-state index contributed by atoms with van der Waals surface area (Å²) >= 11 is 0. The van der Waals surface area contributed by atoms with Crippen molar-refractivity contribution in [1.29, 1.82) is 0 Å². The van der Waals surface area contributed by atoms with Gasteiger partial charge in [0.2, 0.25) is 0 Å². The highest BCUT2D eigenvalue weighted by Crippen LogP contribution is 2.59. The minimum atomic E-state index is -0.672. The second-order valence-corrected chi connectivity index (χ2v) is 11.9. The number of rotatable bonds is 9. The van der Waals surface area contributed by atoms with E-state index < -0.39 is 47.7 Å². The molecule has 0 amide bonds. The summed E-state index contributed by atoms with van der Waals surface area (Å²) in [6.45, 7) is 7.55. The van der Waals surface area contributed by atoms with Gasteiger partial charge in [-0.1, -0.05) is 30.3 Å². The molecule has 266 valence electrons. The van der Waals surface area contributed by atoms with E-state index in [1.165, 1.54) is 53.7 Å². The van der Waals surface area contributed by atoms with E-state index in [4.69, 9.17) is 28.4 Å². The fraction of sp³-hybridized carbons (Fsp3) is 0.200. The van der Waals surface area contributed by atoms with Crippen molar-refractivity contribution in [2.45, 2.75) is 53.4 Å². The molecule has 0 N–H and O–H groups in total. The molecule has 0 heterocycles. The van der Waals surface area contributed by atoms with Crippen molar-refractivity contribution in [3.8, 4) is 34.5 Å². The normalized spacial score (nSPS) is 15.2. The minimum Gasteiger partial charge on any atom is -0.427 e. The van der Waals surface area contributed by atoms with Crippen LogP contribution in [0.5, 0.6) is 34.5 Å². The smallest absolute Gasteiger partial charge is 0.308 e. The molecule has 0 unspecified atom stereocenters. The van der Waals surface area contributed by atoms with Gasteiger partial charge < -0.3 is 28.4 Å². The predicted molar refractivity (Wildman–Crippen MR) is 186 cm³/mol. The number of carbonyl (C=O) groups is 6. The number of esters is 6. The van der Waals surface area contributed by atoms with E-state index in [0.29, 0.717) is 44.9 Å². The largest absolute Gasteiger partial charge is 0.427 e. The summed E-state index contributed by atoms with van der Waals surface area (Å²) in [5.74, 6) is -3.68. The van der Waals surface area contributed by atoms with Crippen LogP contribution in [-0.4, -0.2) is 35.8 Å². The van der Waals surface area contributed by atoms with Gasteiger partial charge in [0, 0.05) is 71.1 Å². The Bertz CT molecular complexity index is 2080. The molecule has 0 spiro atoms. The Labute approximate surface area is 298 Å². The predicted octanol–water partition coefficient (Wildman–Crippen LogP) is 6.71. The maximum atomic E-state index is 12.5. The van der Waals surface area contributed by atoms with Crippen LogP contribution in [0.1, 0.15) is 81.2 Å². The molecule has 1 aliphatic carbocycles. The van der Waals surface area contributed by atoms with E-state index in [9.17, 15) is 28.8 Å². The molecule has 52 heavy (non-hydrogen) atoms. The number of benzene rings is 4. The van der Waals surface area contributed by atoms with E-state index in [1.807, 2.05) is 6.08 Å². The summed E-state index contributed by atoms with van der Waals surface area (Å²) in [6.07, 6.45) is 1.87. The molecule has 0 fully saturated rings. The average Bonchev–Trinajstić information content (AvgIpc) is 3.34. The van der Waals surface area contributed by atoms with Gasteiger partial charge >= 0.3 is 35.8 Å². The van der Waals surface area contributed by atoms with Crippen molar-refractivity contribution in [3.63, 3.8) is 0 Å². The highest BCUT2D eigenvalue weighted by Gasteiger charge is 2.42. The molecule has 0 aromatic heterocycles. The SMILES string of the molecule is CC(=O)Oc1ccc(/C=C2/c3cc(OC(C)=O)cc(OC(C)=O)c3[C@H](c3ccc(OC(C)=O)cc3)[C@H]2c2cc(OC(C)=O)cc(OC(C)=O)c2)cc1. The van der Waals surface area contributed by atoms with Gasteiger partial charge in [-0.2, -0.15) is 0 Å². The van der Waals surface area contributed by atoms with Crippen molar-refractivity contribution in [1.82, 2.24) is 0 Å².